The molecule has 0 aliphatic rings. The van der Waals surface area contributed by atoms with Gasteiger partial charge >= 0.3 is 0 Å². The fraction of sp³-hybridized carbons (Fsp3) is 0.750. The number of aryl methyl sites for hydroxylation is 2. The standard InChI is InChI=1S/C12H21Cl2N3/c1-9(2)17(7-5-6-13)8-11-10(3)15-16(4)12(11)14/h9H,5-8H2,1-4H3. The van der Waals surface area contributed by atoms with Crippen molar-refractivity contribution in [2.45, 2.75) is 39.8 Å². The van der Waals surface area contributed by atoms with Gasteiger partial charge in [-0.05, 0) is 33.7 Å². The van der Waals surface area contributed by atoms with E-state index < -0.39 is 0 Å². The summed E-state index contributed by atoms with van der Waals surface area (Å²) in [5.74, 6) is 0.697. The minimum atomic E-state index is 0.480. The van der Waals surface area contributed by atoms with Crippen molar-refractivity contribution in [3.8, 4) is 0 Å². The smallest absolute Gasteiger partial charge is 0.131 e. The van der Waals surface area contributed by atoms with Crippen LogP contribution in [0.2, 0.25) is 5.15 Å². The van der Waals surface area contributed by atoms with Crippen molar-refractivity contribution in [1.29, 1.82) is 0 Å². The lowest BCUT2D eigenvalue weighted by Crippen LogP contribution is -2.31. The zero-order chi connectivity index (χ0) is 13.0. The average Bonchev–Trinajstić information content (AvgIpc) is 2.49. The number of aromatic nitrogens is 2. The molecule has 0 bridgehead atoms. The molecule has 0 radical (unpaired) electrons. The van der Waals surface area contributed by atoms with Crippen LogP contribution in [0.3, 0.4) is 0 Å². The van der Waals surface area contributed by atoms with Crippen LogP contribution in [0.25, 0.3) is 0 Å². The second-order valence-electron chi connectivity index (χ2n) is 4.59. The highest BCUT2D eigenvalue weighted by molar-refractivity contribution is 6.30. The monoisotopic (exact) mass is 277 g/mol. The molecule has 0 unspecified atom stereocenters. The molecule has 98 valence electrons. The fourth-order valence-corrected chi connectivity index (χ4v) is 2.19. The highest BCUT2D eigenvalue weighted by atomic mass is 35.5. The number of alkyl halides is 1. The Bertz CT molecular complexity index is 361. The fourth-order valence-electron chi connectivity index (χ4n) is 1.84. The Hall–Kier alpha value is -0.250. The van der Waals surface area contributed by atoms with Gasteiger partial charge in [-0.3, -0.25) is 9.58 Å². The van der Waals surface area contributed by atoms with E-state index in [-0.39, 0.29) is 0 Å². The molecule has 1 aromatic rings. The Morgan fingerprint density at radius 1 is 1.41 bits per heavy atom. The maximum absolute atomic E-state index is 6.24. The summed E-state index contributed by atoms with van der Waals surface area (Å²) in [5, 5.41) is 5.07. The molecule has 17 heavy (non-hydrogen) atoms. The molecule has 0 amide bonds. The molecule has 0 aromatic carbocycles. The van der Waals surface area contributed by atoms with E-state index in [4.69, 9.17) is 23.2 Å². The number of hydrogen-bond acceptors (Lipinski definition) is 2. The van der Waals surface area contributed by atoms with Gasteiger partial charge in [-0.25, -0.2) is 0 Å². The summed E-state index contributed by atoms with van der Waals surface area (Å²) in [6, 6.07) is 0.480. The number of nitrogens with zero attached hydrogens (tertiary/aromatic N) is 3. The molecule has 0 spiro atoms. The lowest BCUT2D eigenvalue weighted by Gasteiger charge is -2.26. The van der Waals surface area contributed by atoms with E-state index in [0.717, 1.165) is 35.9 Å². The SMILES string of the molecule is Cc1nn(C)c(Cl)c1CN(CCCCl)C(C)C. The zero-order valence-electron chi connectivity index (χ0n) is 11.0. The van der Waals surface area contributed by atoms with Crippen molar-refractivity contribution in [1.82, 2.24) is 14.7 Å². The van der Waals surface area contributed by atoms with Crippen molar-refractivity contribution >= 4 is 23.2 Å². The second-order valence-corrected chi connectivity index (χ2v) is 5.32. The summed E-state index contributed by atoms with van der Waals surface area (Å²) < 4.78 is 1.73. The summed E-state index contributed by atoms with van der Waals surface area (Å²) in [6.45, 7) is 8.21. The average molecular weight is 278 g/mol. The van der Waals surface area contributed by atoms with Crippen LogP contribution in [-0.4, -0.2) is 33.1 Å². The van der Waals surface area contributed by atoms with E-state index in [2.05, 4.69) is 23.8 Å². The van der Waals surface area contributed by atoms with E-state index in [1.807, 2.05) is 14.0 Å². The number of hydrogen-bond donors (Lipinski definition) is 0. The van der Waals surface area contributed by atoms with Gasteiger partial charge in [-0.1, -0.05) is 11.6 Å². The lowest BCUT2D eigenvalue weighted by atomic mass is 10.2. The van der Waals surface area contributed by atoms with Gasteiger partial charge in [0.2, 0.25) is 0 Å². The van der Waals surface area contributed by atoms with Crippen LogP contribution < -0.4 is 0 Å². The Kier molecular flexibility index (Phi) is 5.77. The summed E-state index contributed by atoms with van der Waals surface area (Å²) in [5.41, 5.74) is 2.13. The molecule has 0 saturated carbocycles. The molecule has 0 saturated heterocycles. The first-order chi connectivity index (χ1) is 7.97. The molecule has 1 heterocycles. The van der Waals surface area contributed by atoms with E-state index in [0.29, 0.717) is 11.9 Å². The Balaban J connectivity index is 2.78. The third-order valence-corrected chi connectivity index (χ3v) is 3.68. The largest absolute Gasteiger partial charge is 0.296 e. The van der Waals surface area contributed by atoms with Crippen LogP contribution >= 0.6 is 23.2 Å². The molecule has 3 nitrogen and oxygen atoms in total. The van der Waals surface area contributed by atoms with Gasteiger partial charge in [0.05, 0.1) is 5.69 Å². The molecule has 1 aromatic heterocycles. The first kappa shape index (κ1) is 14.8. The van der Waals surface area contributed by atoms with Gasteiger partial charge in [0, 0.05) is 31.1 Å². The quantitative estimate of drug-likeness (QED) is 0.745. The maximum atomic E-state index is 6.24. The molecule has 0 N–H and O–H groups in total. The lowest BCUT2D eigenvalue weighted by molar-refractivity contribution is 0.213. The Labute approximate surface area is 114 Å². The van der Waals surface area contributed by atoms with E-state index >= 15 is 0 Å². The normalized spacial score (nSPS) is 11.8. The van der Waals surface area contributed by atoms with Gasteiger partial charge in [-0.2, -0.15) is 5.10 Å². The summed E-state index contributed by atoms with van der Waals surface area (Å²) in [7, 11) is 1.87. The van der Waals surface area contributed by atoms with Crippen LogP contribution in [0.5, 0.6) is 0 Å². The van der Waals surface area contributed by atoms with Crippen LogP contribution in [-0.2, 0) is 13.6 Å². The van der Waals surface area contributed by atoms with E-state index in [1.165, 1.54) is 0 Å². The van der Waals surface area contributed by atoms with Crippen molar-refractivity contribution in [3.63, 3.8) is 0 Å². The van der Waals surface area contributed by atoms with Crippen LogP contribution in [0.1, 0.15) is 31.5 Å². The van der Waals surface area contributed by atoms with Gasteiger partial charge < -0.3 is 0 Å². The Morgan fingerprint density at radius 2 is 2.06 bits per heavy atom. The van der Waals surface area contributed by atoms with Gasteiger partial charge in [0.15, 0.2) is 0 Å². The van der Waals surface area contributed by atoms with E-state index in [9.17, 15) is 0 Å². The predicted octanol–water partition coefficient (Wildman–Crippen LogP) is 3.22. The second kappa shape index (κ2) is 6.62. The molecule has 0 atom stereocenters. The molecule has 0 fully saturated rings. The van der Waals surface area contributed by atoms with Crippen molar-refractivity contribution in [2.24, 2.45) is 7.05 Å². The van der Waals surface area contributed by atoms with Gasteiger partial charge in [0.25, 0.3) is 0 Å². The topological polar surface area (TPSA) is 21.1 Å². The molecule has 5 heteroatoms. The van der Waals surface area contributed by atoms with Crippen LogP contribution in [0, 0.1) is 6.92 Å². The first-order valence-corrected chi connectivity index (χ1v) is 6.86. The highest BCUT2D eigenvalue weighted by Gasteiger charge is 2.16. The minimum Gasteiger partial charge on any atom is -0.296 e. The molecule has 0 aliphatic carbocycles. The van der Waals surface area contributed by atoms with Gasteiger partial charge in [-0.15, -0.1) is 11.6 Å². The molecular weight excluding hydrogens is 257 g/mol. The first-order valence-electron chi connectivity index (χ1n) is 5.95. The highest BCUT2D eigenvalue weighted by Crippen LogP contribution is 2.21. The summed E-state index contributed by atoms with van der Waals surface area (Å²) in [4.78, 5) is 2.37. The van der Waals surface area contributed by atoms with Crippen LogP contribution in [0.15, 0.2) is 0 Å². The third-order valence-electron chi connectivity index (χ3n) is 2.94. The number of rotatable bonds is 6. The predicted molar refractivity (Wildman–Crippen MR) is 73.8 cm³/mol. The minimum absolute atomic E-state index is 0.480. The third kappa shape index (κ3) is 3.87. The van der Waals surface area contributed by atoms with Gasteiger partial charge in [0.1, 0.15) is 5.15 Å². The maximum Gasteiger partial charge on any atom is 0.131 e. The molecule has 1 rings (SSSR count). The Morgan fingerprint density at radius 3 is 2.47 bits per heavy atom. The zero-order valence-corrected chi connectivity index (χ0v) is 12.5. The van der Waals surface area contributed by atoms with Crippen molar-refractivity contribution in [2.75, 3.05) is 12.4 Å². The number of halogens is 2. The van der Waals surface area contributed by atoms with E-state index in [1.54, 1.807) is 4.68 Å². The summed E-state index contributed by atoms with van der Waals surface area (Å²) >= 11 is 12.0. The van der Waals surface area contributed by atoms with Crippen LogP contribution in [0.4, 0.5) is 0 Å². The summed E-state index contributed by atoms with van der Waals surface area (Å²) in [6.07, 6.45) is 0.997. The molecular formula is C12H21Cl2N3. The van der Waals surface area contributed by atoms with Crippen molar-refractivity contribution < 1.29 is 0 Å². The van der Waals surface area contributed by atoms with Crippen molar-refractivity contribution in [3.05, 3.63) is 16.4 Å². The molecule has 0 aliphatic heterocycles.